The number of para-hydroxylation sites is 3. The molecule has 1 atom stereocenters. The lowest BCUT2D eigenvalue weighted by atomic mass is 9.78. The minimum Gasteiger partial charge on any atom is -0.455 e. The third-order valence-electron chi connectivity index (χ3n) is 5.88. The molecule has 2 aliphatic heterocycles. The first-order valence-electron chi connectivity index (χ1n) is 10.1. The number of benzene rings is 2. The maximum Gasteiger partial charge on any atom is 0.314 e. The van der Waals surface area contributed by atoms with Gasteiger partial charge in [0.15, 0.2) is 5.75 Å². The molecule has 2 amide bonds. The van der Waals surface area contributed by atoms with E-state index < -0.39 is 11.8 Å². The summed E-state index contributed by atoms with van der Waals surface area (Å²) in [4.78, 5) is 27.3. The summed E-state index contributed by atoms with van der Waals surface area (Å²) >= 11 is 0. The lowest BCUT2D eigenvalue weighted by molar-refractivity contribution is -0.143. The maximum absolute atomic E-state index is 12.9. The number of hydrogen-bond acceptors (Lipinski definition) is 4. The highest BCUT2D eigenvalue weighted by atomic mass is 16.5. The van der Waals surface area contributed by atoms with Crippen LogP contribution in [0.1, 0.15) is 26.2 Å². The fourth-order valence-electron chi connectivity index (χ4n) is 4.34. The number of rotatable bonds is 3. The standard InChI is InChI=1S/C23H26N2O4/c1-17-15-23(11-13-28-14-12-23)16-25(17)22(27)21(26)24-19-9-5-6-10-20(19)29-18-7-3-2-4-8-18/h2-10,17H,11-16H2,1H3,(H,24,26). The molecule has 2 aromatic rings. The van der Waals surface area contributed by atoms with Gasteiger partial charge in [-0.1, -0.05) is 30.3 Å². The summed E-state index contributed by atoms with van der Waals surface area (Å²) in [5.41, 5.74) is 0.560. The Morgan fingerprint density at radius 1 is 1.07 bits per heavy atom. The molecular weight excluding hydrogens is 368 g/mol. The van der Waals surface area contributed by atoms with Gasteiger partial charge in [0.05, 0.1) is 5.69 Å². The molecule has 6 nitrogen and oxygen atoms in total. The van der Waals surface area contributed by atoms with E-state index in [1.807, 2.05) is 43.3 Å². The van der Waals surface area contributed by atoms with Gasteiger partial charge < -0.3 is 19.7 Å². The van der Waals surface area contributed by atoms with E-state index in [0.717, 1.165) is 32.5 Å². The number of nitrogens with zero attached hydrogens (tertiary/aromatic N) is 1. The molecule has 0 aliphatic carbocycles. The number of likely N-dealkylation sites (tertiary alicyclic amines) is 1. The van der Waals surface area contributed by atoms with Crippen LogP contribution in [-0.2, 0) is 14.3 Å². The van der Waals surface area contributed by atoms with Crippen molar-refractivity contribution in [3.63, 3.8) is 0 Å². The quantitative estimate of drug-likeness (QED) is 0.804. The average molecular weight is 394 g/mol. The number of anilines is 1. The van der Waals surface area contributed by atoms with Gasteiger partial charge in [0.2, 0.25) is 0 Å². The van der Waals surface area contributed by atoms with Gasteiger partial charge >= 0.3 is 11.8 Å². The van der Waals surface area contributed by atoms with Gasteiger partial charge in [-0.15, -0.1) is 0 Å². The summed E-state index contributed by atoms with van der Waals surface area (Å²) in [6, 6.07) is 16.5. The predicted molar refractivity (Wildman–Crippen MR) is 110 cm³/mol. The Hall–Kier alpha value is -2.86. The van der Waals surface area contributed by atoms with Crippen molar-refractivity contribution in [1.29, 1.82) is 0 Å². The van der Waals surface area contributed by atoms with Gasteiger partial charge in [-0.2, -0.15) is 0 Å². The van der Waals surface area contributed by atoms with E-state index in [2.05, 4.69) is 5.32 Å². The van der Waals surface area contributed by atoms with Crippen molar-refractivity contribution in [2.75, 3.05) is 25.1 Å². The van der Waals surface area contributed by atoms with Crippen LogP contribution in [0.3, 0.4) is 0 Å². The van der Waals surface area contributed by atoms with E-state index in [0.29, 0.717) is 23.7 Å². The van der Waals surface area contributed by atoms with Gasteiger partial charge in [-0.3, -0.25) is 9.59 Å². The van der Waals surface area contributed by atoms with Crippen molar-refractivity contribution in [1.82, 2.24) is 4.90 Å². The maximum atomic E-state index is 12.9. The van der Waals surface area contributed by atoms with Crippen LogP contribution in [0.4, 0.5) is 5.69 Å². The molecule has 2 heterocycles. The Balaban J connectivity index is 1.45. The van der Waals surface area contributed by atoms with Crippen molar-refractivity contribution in [3.8, 4) is 11.5 Å². The van der Waals surface area contributed by atoms with Crippen LogP contribution in [0, 0.1) is 5.41 Å². The molecule has 0 radical (unpaired) electrons. The predicted octanol–water partition coefficient (Wildman–Crippen LogP) is 3.84. The van der Waals surface area contributed by atoms with E-state index in [1.54, 1.807) is 23.1 Å². The van der Waals surface area contributed by atoms with Gasteiger partial charge in [0.1, 0.15) is 5.75 Å². The lowest BCUT2D eigenvalue weighted by Gasteiger charge is -2.32. The Morgan fingerprint density at radius 2 is 1.76 bits per heavy atom. The highest BCUT2D eigenvalue weighted by Gasteiger charge is 2.46. The fourth-order valence-corrected chi connectivity index (χ4v) is 4.34. The minimum absolute atomic E-state index is 0.0437. The van der Waals surface area contributed by atoms with Crippen molar-refractivity contribution in [3.05, 3.63) is 54.6 Å². The Bertz CT molecular complexity index is 877. The number of amides is 2. The number of ether oxygens (including phenoxy) is 2. The molecule has 2 fully saturated rings. The summed E-state index contributed by atoms with van der Waals surface area (Å²) in [5.74, 6) is 0.0332. The monoisotopic (exact) mass is 394 g/mol. The molecule has 0 saturated carbocycles. The molecule has 2 saturated heterocycles. The van der Waals surface area contributed by atoms with E-state index in [9.17, 15) is 9.59 Å². The molecule has 0 aromatic heterocycles. The topological polar surface area (TPSA) is 67.9 Å². The summed E-state index contributed by atoms with van der Waals surface area (Å²) in [6.07, 6.45) is 2.80. The second-order valence-electron chi connectivity index (χ2n) is 7.96. The van der Waals surface area contributed by atoms with Crippen molar-refractivity contribution >= 4 is 17.5 Å². The molecule has 2 aliphatic rings. The van der Waals surface area contributed by atoms with Crippen LogP contribution in [0.15, 0.2) is 54.6 Å². The van der Waals surface area contributed by atoms with Crippen LogP contribution in [-0.4, -0.2) is 42.5 Å². The average Bonchev–Trinajstić information content (AvgIpc) is 3.05. The van der Waals surface area contributed by atoms with Crippen LogP contribution in [0.25, 0.3) is 0 Å². The molecule has 152 valence electrons. The van der Waals surface area contributed by atoms with Gasteiger partial charge in [0.25, 0.3) is 0 Å². The molecule has 6 heteroatoms. The largest absolute Gasteiger partial charge is 0.455 e. The summed E-state index contributed by atoms with van der Waals surface area (Å²) in [7, 11) is 0. The van der Waals surface area contributed by atoms with Crippen LogP contribution in [0.5, 0.6) is 11.5 Å². The molecular formula is C23H26N2O4. The minimum atomic E-state index is -0.634. The normalized spacial score (nSPS) is 20.4. The molecule has 0 bridgehead atoms. The third-order valence-corrected chi connectivity index (χ3v) is 5.88. The highest BCUT2D eigenvalue weighted by Crippen LogP contribution is 2.42. The third kappa shape index (κ3) is 4.27. The number of hydrogen-bond donors (Lipinski definition) is 1. The zero-order chi connectivity index (χ0) is 20.3. The van der Waals surface area contributed by atoms with Crippen molar-refractivity contribution < 1.29 is 19.1 Å². The molecule has 4 rings (SSSR count). The lowest BCUT2D eigenvalue weighted by Crippen LogP contribution is -2.43. The molecule has 29 heavy (non-hydrogen) atoms. The fraction of sp³-hybridized carbons (Fsp3) is 0.391. The van der Waals surface area contributed by atoms with Crippen LogP contribution in [0.2, 0.25) is 0 Å². The van der Waals surface area contributed by atoms with Crippen molar-refractivity contribution in [2.45, 2.75) is 32.2 Å². The van der Waals surface area contributed by atoms with Crippen LogP contribution >= 0.6 is 0 Å². The SMILES string of the molecule is CC1CC2(CCOCC2)CN1C(=O)C(=O)Nc1ccccc1Oc1ccccc1. The second kappa shape index (κ2) is 8.25. The number of carbonyl (C=O) groups is 2. The first-order chi connectivity index (χ1) is 14.1. The highest BCUT2D eigenvalue weighted by molar-refractivity contribution is 6.39. The Kier molecular flexibility index (Phi) is 5.53. The Morgan fingerprint density at radius 3 is 2.52 bits per heavy atom. The van der Waals surface area contributed by atoms with Crippen LogP contribution < -0.4 is 10.1 Å². The molecule has 1 spiro atoms. The smallest absolute Gasteiger partial charge is 0.314 e. The van der Waals surface area contributed by atoms with Gasteiger partial charge in [0, 0.05) is 25.8 Å². The number of nitrogens with one attached hydrogen (secondary N) is 1. The zero-order valence-corrected chi connectivity index (χ0v) is 16.6. The van der Waals surface area contributed by atoms with E-state index in [1.165, 1.54) is 0 Å². The Labute approximate surface area is 170 Å². The molecule has 1 N–H and O–H groups in total. The second-order valence-corrected chi connectivity index (χ2v) is 7.96. The number of carbonyl (C=O) groups excluding carboxylic acids is 2. The molecule has 1 unspecified atom stereocenters. The summed E-state index contributed by atoms with van der Waals surface area (Å²) in [6.45, 7) is 4.09. The van der Waals surface area contributed by atoms with Crippen molar-refractivity contribution in [2.24, 2.45) is 5.41 Å². The first-order valence-corrected chi connectivity index (χ1v) is 10.1. The van der Waals surface area contributed by atoms with E-state index in [-0.39, 0.29) is 11.5 Å². The van der Waals surface area contributed by atoms with E-state index in [4.69, 9.17) is 9.47 Å². The first kappa shape index (κ1) is 19.5. The summed E-state index contributed by atoms with van der Waals surface area (Å²) in [5, 5.41) is 2.74. The van der Waals surface area contributed by atoms with Gasteiger partial charge in [-0.25, -0.2) is 0 Å². The summed E-state index contributed by atoms with van der Waals surface area (Å²) < 4.78 is 11.4. The van der Waals surface area contributed by atoms with Gasteiger partial charge in [-0.05, 0) is 55.9 Å². The molecule has 2 aromatic carbocycles. The van der Waals surface area contributed by atoms with E-state index >= 15 is 0 Å². The zero-order valence-electron chi connectivity index (χ0n) is 16.6.